The summed E-state index contributed by atoms with van der Waals surface area (Å²) in [6.07, 6.45) is 0.946. The van der Waals surface area contributed by atoms with Crippen molar-refractivity contribution in [3.8, 4) is 0 Å². The van der Waals surface area contributed by atoms with Crippen LogP contribution in [0.2, 0.25) is 0 Å². The number of nitrogens with one attached hydrogen (secondary N) is 1. The van der Waals surface area contributed by atoms with Crippen LogP contribution in [-0.2, 0) is 15.9 Å². The average molecular weight is 324 g/mol. The smallest absolute Gasteiger partial charge is 0.407 e. The van der Waals surface area contributed by atoms with Gasteiger partial charge in [0.1, 0.15) is 6.61 Å². The van der Waals surface area contributed by atoms with Gasteiger partial charge in [-0.05, 0) is 18.6 Å². The second-order valence-electron chi connectivity index (χ2n) is 4.78. The maximum Gasteiger partial charge on any atom is 0.407 e. The summed E-state index contributed by atoms with van der Waals surface area (Å²) in [4.78, 5) is 33.1. The van der Waals surface area contributed by atoms with Crippen LogP contribution in [0.1, 0.15) is 12.0 Å². The fourth-order valence-corrected chi connectivity index (χ4v) is 2.44. The third kappa shape index (κ3) is 5.44. The Morgan fingerprint density at radius 2 is 2.09 bits per heavy atom. The first-order valence-electron chi connectivity index (χ1n) is 6.73. The summed E-state index contributed by atoms with van der Waals surface area (Å²) in [5.74, 6) is 0. The van der Waals surface area contributed by atoms with E-state index in [1.165, 1.54) is 0 Å². The fourth-order valence-electron chi connectivity index (χ4n) is 1.87. The van der Waals surface area contributed by atoms with Crippen molar-refractivity contribution < 1.29 is 23.9 Å². The van der Waals surface area contributed by atoms with E-state index < -0.39 is 13.7 Å². The largest absolute Gasteiger partial charge is 0.445 e. The van der Waals surface area contributed by atoms with Crippen LogP contribution in [0, 0.1) is 0 Å². The number of amides is 1. The lowest BCUT2D eigenvalue weighted by atomic mass is 10.2. The third-order valence-corrected chi connectivity index (χ3v) is 3.81. The maximum atomic E-state index is 11.5. The summed E-state index contributed by atoms with van der Waals surface area (Å²) < 4.78 is 15.7. The quantitative estimate of drug-likeness (QED) is 0.554. The van der Waals surface area contributed by atoms with Crippen LogP contribution in [0.25, 0.3) is 10.9 Å². The zero-order valence-electron chi connectivity index (χ0n) is 11.8. The number of hydrogen-bond acceptors (Lipinski definition) is 4. The van der Waals surface area contributed by atoms with Crippen molar-refractivity contribution in [2.45, 2.75) is 13.0 Å². The molecule has 22 heavy (non-hydrogen) atoms. The molecule has 1 heterocycles. The summed E-state index contributed by atoms with van der Waals surface area (Å²) in [6, 6.07) is 9.52. The minimum absolute atomic E-state index is 0.0855. The molecule has 2 aromatic rings. The van der Waals surface area contributed by atoms with Gasteiger partial charge in [-0.2, -0.15) is 0 Å². The fraction of sp³-hybridized carbons (Fsp3) is 0.286. The molecule has 3 N–H and O–H groups in total. The molecule has 0 radical (unpaired) electrons. The number of rotatable bonds is 6. The Bertz CT molecular complexity index is 700. The molecule has 0 unspecified atom stereocenters. The van der Waals surface area contributed by atoms with E-state index in [1.807, 2.05) is 30.3 Å². The van der Waals surface area contributed by atoms with Crippen molar-refractivity contribution in [1.29, 1.82) is 0 Å². The number of alkyl carbamates (subject to hydrolysis) is 1. The van der Waals surface area contributed by atoms with Crippen LogP contribution < -0.4 is 5.32 Å². The van der Waals surface area contributed by atoms with Gasteiger partial charge in [0.05, 0.1) is 11.7 Å². The number of pyridine rings is 1. The first kappa shape index (κ1) is 16.4. The van der Waals surface area contributed by atoms with Crippen molar-refractivity contribution in [2.75, 3.05) is 12.7 Å². The van der Waals surface area contributed by atoms with Crippen molar-refractivity contribution in [2.24, 2.45) is 0 Å². The number of benzene rings is 1. The molecule has 7 nitrogen and oxygen atoms in total. The molecule has 1 aromatic heterocycles. The van der Waals surface area contributed by atoms with Crippen molar-refractivity contribution >= 4 is 24.6 Å². The van der Waals surface area contributed by atoms with Gasteiger partial charge >= 0.3 is 13.7 Å². The molecular weight excluding hydrogens is 307 g/mol. The summed E-state index contributed by atoms with van der Waals surface area (Å²) in [5, 5.41) is 3.40. The van der Waals surface area contributed by atoms with Crippen molar-refractivity contribution in [3.63, 3.8) is 0 Å². The van der Waals surface area contributed by atoms with E-state index in [9.17, 15) is 9.36 Å². The van der Waals surface area contributed by atoms with E-state index >= 15 is 0 Å². The van der Waals surface area contributed by atoms with E-state index in [1.54, 1.807) is 6.20 Å². The lowest BCUT2D eigenvalue weighted by Crippen LogP contribution is -2.25. The molecule has 0 atom stereocenters. The van der Waals surface area contributed by atoms with Crippen molar-refractivity contribution in [3.05, 3.63) is 42.1 Å². The standard InChI is InChI=1S/C14H17N2O5P/c17-14(15-6-3-7-22(18,19)20)21-10-11-8-12-4-1-2-5-13(12)16-9-11/h1-2,4-5,8-9H,3,6-7,10H2,(H,15,17)(H2,18,19,20). The molecule has 0 aliphatic carbocycles. The molecule has 1 amide bonds. The molecule has 1 aromatic carbocycles. The van der Waals surface area contributed by atoms with E-state index in [2.05, 4.69) is 10.3 Å². The number of ether oxygens (including phenoxy) is 1. The zero-order valence-corrected chi connectivity index (χ0v) is 12.7. The van der Waals surface area contributed by atoms with Crippen LogP contribution in [0.3, 0.4) is 0 Å². The highest BCUT2D eigenvalue weighted by Gasteiger charge is 2.12. The number of fused-ring (bicyclic) bond motifs is 1. The van der Waals surface area contributed by atoms with Crippen molar-refractivity contribution in [1.82, 2.24) is 10.3 Å². The highest BCUT2D eigenvalue weighted by atomic mass is 31.2. The number of hydrogen-bond donors (Lipinski definition) is 3. The SMILES string of the molecule is O=C(NCCCP(=O)(O)O)OCc1cnc2ccccc2c1. The predicted molar refractivity (Wildman–Crippen MR) is 81.5 cm³/mol. The molecule has 2 rings (SSSR count). The molecule has 0 fully saturated rings. The Balaban J connectivity index is 1.76. The van der Waals surface area contributed by atoms with E-state index in [-0.39, 0.29) is 25.7 Å². The molecule has 0 aliphatic rings. The summed E-state index contributed by atoms with van der Waals surface area (Å²) in [7, 11) is -4.01. The Kier molecular flexibility index (Phi) is 5.49. The molecule has 8 heteroatoms. The lowest BCUT2D eigenvalue weighted by Gasteiger charge is -2.08. The summed E-state index contributed by atoms with van der Waals surface area (Å²) in [5.41, 5.74) is 1.64. The lowest BCUT2D eigenvalue weighted by molar-refractivity contribution is 0.139. The van der Waals surface area contributed by atoms with Gasteiger partial charge in [0, 0.05) is 23.7 Å². The molecule has 0 bridgehead atoms. The first-order valence-corrected chi connectivity index (χ1v) is 8.53. The first-order chi connectivity index (χ1) is 10.4. The van der Waals surface area contributed by atoms with Gasteiger partial charge in [-0.3, -0.25) is 9.55 Å². The van der Waals surface area contributed by atoms with Crippen LogP contribution in [0.5, 0.6) is 0 Å². The topological polar surface area (TPSA) is 109 Å². The predicted octanol–water partition coefficient (Wildman–Crippen LogP) is 2.03. The highest BCUT2D eigenvalue weighted by molar-refractivity contribution is 7.51. The van der Waals surface area contributed by atoms with Gasteiger partial charge in [0.2, 0.25) is 0 Å². The second kappa shape index (κ2) is 7.35. The molecule has 0 aliphatic heterocycles. The monoisotopic (exact) mass is 324 g/mol. The maximum absolute atomic E-state index is 11.5. The van der Waals surface area contributed by atoms with Crippen LogP contribution in [0.4, 0.5) is 4.79 Å². The van der Waals surface area contributed by atoms with Gasteiger partial charge in [0.25, 0.3) is 0 Å². The Morgan fingerprint density at radius 3 is 2.86 bits per heavy atom. The molecule has 118 valence electrons. The van der Waals surface area contributed by atoms with E-state index in [0.29, 0.717) is 0 Å². The molecule has 0 spiro atoms. The minimum Gasteiger partial charge on any atom is -0.445 e. The van der Waals surface area contributed by atoms with Crippen LogP contribution in [0.15, 0.2) is 36.5 Å². The second-order valence-corrected chi connectivity index (χ2v) is 6.56. The molecular formula is C14H17N2O5P. The van der Waals surface area contributed by atoms with Gasteiger partial charge in [-0.15, -0.1) is 0 Å². The van der Waals surface area contributed by atoms with Gasteiger partial charge < -0.3 is 19.8 Å². The normalized spacial score (nSPS) is 11.4. The third-order valence-electron chi connectivity index (χ3n) is 2.91. The summed E-state index contributed by atoms with van der Waals surface area (Å²) >= 11 is 0. The highest BCUT2D eigenvalue weighted by Crippen LogP contribution is 2.34. The van der Waals surface area contributed by atoms with Crippen LogP contribution >= 0.6 is 7.60 Å². The van der Waals surface area contributed by atoms with E-state index in [4.69, 9.17) is 14.5 Å². The van der Waals surface area contributed by atoms with E-state index in [0.717, 1.165) is 16.5 Å². The van der Waals surface area contributed by atoms with Gasteiger partial charge in [-0.25, -0.2) is 4.79 Å². The number of aromatic nitrogens is 1. The molecule has 0 saturated carbocycles. The Labute approximate surface area is 127 Å². The van der Waals surface area contributed by atoms with Crippen LogP contribution in [-0.4, -0.2) is 33.6 Å². The minimum atomic E-state index is -4.01. The Morgan fingerprint density at radius 1 is 1.32 bits per heavy atom. The summed E-state index contributed by atoms with van der Waals surface area (Å²) in [6.45, 7) is 0.238. The number of carbonyl (C=O) groups is 1. The number of carbonyl (C=O) groups excluding carboxylic acids is 1. The number of para-hydroxylation sites is 1. The van der Waals surface area contributed by atoms with Gasteiger partial charge in [0.15, 0.2) is 0 Å². The zero-order chi connectivity index (χ0) is 16.0. The number of nitrogens with zero attached hydrogens (tertiary/aromatic N) is 1. The Hall–Kier alpha value is -1.95. The van der Waals surface area contributed by atoms with Gasteiger partial charge in [-0.1, -0.05) is 18.2 Å². The average Bonchev–Trinajstić information content (AvgIpc) is 2.48. The molecule has 0 saturated heterocycles.